The fraction of sp³-hybridized carbons (Fsp3) is 0.182. The van der Waals surface area contributed by atoms with Crippen molar-refractivity contribution >= 4 is 16.8 Å². The zero-order valence-corrected chi connectivity index (χ0v) is 14.7. The first-order valence-corrected chi connectivity index (χ1v) is 8.56. The maximum atomic E-state index is 13.7. The van der Waals surface area contributed by atoms with Crippen molar-refractivity contribution in [1.82, 2.24) is 10.3 Å². The second-order valence-corrected chi connectivity index (χ2v) is 6.56. The molecule has 0 bridgehead atoms. The van der Waals surface area contributed by atoms with E-state index in [1.165, 1.54) is 12.3 Å². The van der Waals surface area contributed by atoms with E-state index >= 15 is 0 Å². The maximum absolute atomic E-state index is 13.7. The molecule has 3 aromatic rings. The Morgan fingerprint density at radius 2 is 1.96 bits per heavy atom. The van der Waals surface area contributed by atoms with Crippen LogP contribution in [0.3, 0.4) is 0 Å². The minimum Gasteiger partial charge on any atom is -0.349 e. The lowest BCUT2D eigenvalue weighted by Gasteiger charge is -2.19. The second kappa shape index (κ2) is 7.91. The molecule has 0 fully saturated rings. The molecular formula is C22H21FN2O. The summed E-state index contributed by atoms with van der Waals surface area (Å²) in [4.78, 5) is 16.8. The number of nitrogens with one attached hydrogen (secondary N) is 1. The van der Waals surface area contributed by atoms with Crippen LogP contribution in [-0.4, -0.2) is 16.9 Å². The van der Waals surface area contributed by atoms with Crippen LogP contribution in [0.1, 0.15) is 29.3 Å². The van der Waals surface area contributed by atoms with E-state index < -0.39 is 5.82 Å². The Morgan fingerprint density at radius 1 is 1.19 bits per heavy atom. The van der Waals surface area contributed by atoms with Gasteiger partial charge in [0.15, 0.2) is 0 Å². The molecule has 0 spiro atoms. The van der Waals surface area contributed by atoms with E-state index in [0.717, 1.165) is 17.6 Å². The number of pyridine rings is 1. The highest BCUT2D eigenvalue weighted by Gasteiger charge is 2.16. The first kappa shape index (κ1) is 17.8. The monoisotopic (exact) mass is 348 g/mol. The van der Waals surface area contributed by atoms with Gasteiger partial charge in [0.1, 0.15) is 11.3 Å². The van der Waals surface area contributed by atoms with Crippen LogP contribution in [0.5, 0.6) is 0 Å². The van der Waals surface area contributed by atoms with E-state index in [9.17, 15) is 9.18 Å². The van der Waals surface area contributed by atoms with Gasteiger partial charge in [0.2, 0.25) is 0 Å². The molecule has 1 atom stereocenters. The molecule has 0 radical (unpaired) electrons. The number of rotatable bonds is 6. The summed E-state index contributed by atoms with van der Waals surface area (Å²) in [5.41, 5.74) is 2.84. The summed E-state index contributed by atoms with van der Waals surface area (Å²) >= 11 is 0. The number of carbonyl (C=O) groups excluding carboxylic acids is 1. The molecule has 0 saturated heterocycles. The topological polar surface area (TPSA) is 42.0 Å². The Labute approximate surface area is 152 Å². The van der Waals surface area contributed by atoms with Gasteiger partial charge in [0.05, 0.1) is 5.56 Å². The van der Waals surface area contributed by atoms with Crippen LogP contribution < -0.4 is 5.32 Å². The predicted molar refractivity (Wildman–Crippen MR) is 103 cm³/mol. The van der Waals surface area contributed by atoms with Crippen molar-refractivity contribution in [3.8, 4) is 0 Å². The normalized spacial score (nSPS) is 11.9. The summed E-state index contributed by atoms with van der Waals surface area (Å²) in [5.74, 6) is -0.607. The summed E-state index contributed by atoms with van der Waals surface area (Å²) in [6, 6.07) is 16.3. The van der Waals surface area contributed by atoms with Gasteiger partial charge in [-0.25, -0.2) is 4.39 Å². The van der Waals surface area contributed by atoms with E-state index in [-0.39, 0.29) is 17.5 Å². The van der Waals surface area contributed by atoms with E-state index in [0.29, 0.717) is 17.4 Å². The lowest BCUT2D eigenvalue weighted by atomic mass is 10.00. The van der Waals surface area contributed by atoms with Crippen molar-refractivity contribution in [3.05, 3.63) is 89.9 Å². The number of hydrogen-bond acceptors (Lipinski definition) is 2. The molecule has 132 valence electrons. The molecule has 1 heterocycles. The van der Waals surface area contributed by atoms with Crippen LogP contribution in [0.25, 0.3) is 10.9 Å². The highest BCUT2D eigenvalue weighted by Crippen LogP contribution is 2.17. The standard InChI is InChI=1S/C22H21FN2O/c1-15(2)11-19(12-16-7-4-3-5-8-16)25-22(26)18-13-17-9-6-10-20(23)21(17)24-14-18/h3-10,13-14,19H,1,11-12H2,2H3,(H,25,26). The Bertz CT molecular complexity index is 937. The predicted octanol–water partition coefficient (Wildman–Crippen LogP) is 4.68. The van der Waals surface area contributed by atoms with Gasteiger partial charge < -0.3 is 5.32 Å². The third kappa shape index (κ3) is 4.33. The molecule has 1 aromatic heterocycles. The number of carbonyl (C=O) groups is 1. The highest BCUT2D eigenvalue weighted by molar-refractivity contribution is 5.97. The Kier molecular flexibility index (Phi) is 5.42. The summed E-state index contributed by atoms with van der Waals surface area (Å²) < 4.78 is 13.7. The second-order valence-electron chi connectivity index (χ2n) is 6.56. The van der Waals surface area contributed by atoms with Gasteiger partial charge in [-0.15, -0.1) is 6.58 Å². The van der Waals surface area contributed by atoms with Crippen molar-refractivity contribution in [2.75, 3.05) is 0 Å². The Hall–Kier alpha value is -3.01. The van der Waals surface area contributed by atoms with Gasteiger partial charge in [-0.2, -0.15) is 0 Å². The molecule has 3 rings (SSSR count). The third-order valence-corrected chi connectivity index (χ3v) is 4.18. The number of fused-ring (bicyclic) bond motifs is 1. The molecule has 0 aliphatic heterocycles. The molecular weight excluding hydrogens is 327 g/mol. The molecule has 1 unspecified atom stereocenters. The Balaban J connectivity index is 1.79. The smallest absolute Gasteiger partial charge is 0.253 e. The molecule has 1 amide bonds. The van der Waals surface area contributed by atoms with Crippen LogP contribution in [-0.2, 0) is 6.42 Å². The zero-order valence-electron chi connectivity index (χ0n) is 14.7. The first-order chi connectivity index (χ1) is 12.5. The van der Waals surface area contributed by atoms with Crippen molar-refractivity contribution < 1.29 is 9.18 Å². The zero-order chi connectivity index (χ0) is 18.5. The molecule has 0 saturated carbocycles. The molecule has 2 aromatic carbocycles. The molecule has 26 heavy (non-hydrogen) atoms. The van der Waals surface area contributed by atoms with Crippen molar-refractivity contribution in [2.24, 2.45) is 0 Å². The van der Waals surface area contributed by atoms with Crippen molar-refractivity contribution in [1.29, 1.82) is 0 Å². The Morgan fingerprint density at radius 3 is 2.69 bits per heavy atom. The summed E-state index contributed by atoms with van der Waals surface area (Å²) in [6.07, 6.45) is 2.83. The fourth-order valence-corrected chi connectivity index (χ4v) is 3.01. The van der Waals surface area contributed by atoms with E-state index in [1.54, 1.807) is 18.2 Å². The lowest BCUT2D eigenvalue weighted by Crippen LogP contribution is -2.36. The van der Waals surface area contributed by atoms with Crippen molar-refractivity contribution in [3.63, 3.8) is 0 Å². The summed E-state index contributed by atoms with van der Waals surface area (Å²) in [5, 5.41) is 3.67. The van der Waals surface area contributed by atoms with Gasteiger partial charge in [-0.1, -0.05) is 48.0 Å². The molecule has 3 nitrogen and oxygen atoms in total. The SMILES string of the molecule is C=C(C)CC(Cc1ccccc1)NC(=O)c1cnc2c(F)cccc2c1. The summed E-state index contributed by atoms with van der Waals surface area (Å²) in [7, 11) is 0. The highest BCUT2D eigenvalue weighted by atomic mass is 19.1. The molecule has 1 N–H and O–H groups in total. The molecule has 0 aliphatic rings. The van der Waals surface area contributed by atoms with Crippen LogP contribution in [0.15, 0.2) is 72.9 Å². The van der Waals surface area contributed by atoms with E-state index in [4.69, 9.17) is 0 Å². The summed E-state index contributed by atoms with van der Waals surface area (Å²) in [6.45, 7) is 5.91. The van der Waals surface area contributed by atoms with Gasteiger partial charge in [-0.3, -0.25) is 9.78 Å². The average Bonchev–Trinajstić information content (AvgIpc) is 2.62. The number of halogens is 1. The maximum Gasteiger partial charge on any atom is 0.253 e. The average molecular weight is 348 g/mol. The van der Waals surface area contributed by atoms with Gasteiger partial charge in [0.25, 0.3) is 5.91 Å². The molecule has 4 heteroatoms. The first-order valence-electron chi connectivity index (χ1n) is 8.56. The van der Waals surface area contributed by atoms with E-state index in [1.807, 2.05) is 37.3 Å². The fourth-order valence-electron chi connectivity index (χ4n) is 3.01. The largest absolute Gasteiger partial charge is 0.349 e. The van der Waals surface area contributed by atoms with Crippen molar-refractivity contribution in [2.45, 2.75) is 25.8 Å². The minimum absolute atomic E-state index is 0.0643. The van der Waals surface area contributed by atoms with Gasteiger partial charge in [0, 0.05) is 17.6 Å². The lowest BCUT2D eigenvalue weighted by molar-refractivity contribution is 0.0936. The van der Waals surface area contributed by atoms with Crippen LogP contribution in [0.4, 0.5) is 4.39 Å². The van der Waals surface area contributed by atoms with Crippen LogP contribution in [0.2, 0.25) is 0 Å². The number of amides is 1. The minimum atomic E-state index is -0.390. The number of nitrogens with zero attached hydrogens (tertiary/aromatic N) is 1. The number of aromatic nitrogens is 1. The van der Waals surface area contributed by atoms with Gasteiger partial charge >= 0.3 is 0 Å². The number of benzene rings is 2. The number of para-hydroxylation sites is 1. The quantitative estimate of drug-likeness (QED) is 0.657. The molecule has 0 aliphatic carbocycles. The van der Waals surface area contributed by atoms with Gasteiger partial charge in [-0.05, 0) is 37.5 Å². The van der Waals surface area contributed by atoms with E-state index in [2.05, 4.69) is 16.9 Å². The van der Waals surface area contributed by atoms with Crippen LogP contribution in [0, 0.1) is 5.82 Å². The number of hydrogen-bond donors (Lipinski definition) is 1. The third-order valence-electron chi connectivity index (χ3n) is 4.18. The van der Waals surface area contributed by atoms with Crippen LogP contribution >= 0.6 is 0 Å².